The van der Waals surface area contributed by atoms with E-state index in [9.17, 15) is 0 Å². The van der Waals surface area contributed by atoms with E-state index in [1.54, 1.807) is 13.4 Å². The molecule has 0 fully saturated rings. The van der Waals surface area contributed by atoms with E-state index in [1.807, 2.05) is 24.3 Å². The molecule has 0 aromatic heterocycles. The van der Waals surface area contributed by atoms with Crippen LogP contribution in [-0.4, -0.2) is 13.7 Å². The largest absolute Gasteiger partial charge is 0.505 e. The molecule has 0 aliphatic heterocycles. The normalized spacial score (nSPS) is 10.7. The molecule has 0 amide bonds. The number of rotatable bonds is 6. The molecule has 1 aromatic rings. The van der Waals surface area contributed by atoms with Crippen molar-refractivity contribution in [3.63, 3.8) is 0 Å². The number of hydrogen-bond donors (Lipinski definition) is 0. The molecular formula is C13H17ClO2. The van der Waals surface area contributed by atoms with E-state index in [1.165, 1.54) is 0 Å². The third-order valence-electron chi connectivity index (χ3n) is 2.05. The Kier molecular flexibility index (Phi) is 5.79. The van der Waals surface area contributed by atoms with Crippen LogP contribution in [0.5, 0.6) is 5.75 Å². The third kappa shape index (κ3) is 4.15. The topological polar surface area (TPSA) is 18.5 Å². The zero-order valence-electron chi connectivity index (χ0n) is 9.70. The predicted molar refractivity (Wildman–Crippen MR) is 67.1 cm³/mol. The fourth-order valence-corrected chi connectivity index (χ4v) is 1.53. The maximum atomic E-state index is 5.95. The monoisotopic (exact) mass is 240 g/mol. The van der Waals surface area contributed by atoms with Gasteiger partial charge in [-0.25, -0.2) is 0 Å². The van der Waals surface area contributed by atoms with Crippen LogP contribution in [0.15, 0.2) is 30.5 Å². The van der Waals surface area contributed by atoms with E-state index in [-0.39, 0.29) is 0 Å². The Balaban J connectivity index is 2.76. The van der Waals surface area contributed by atoms with Crippen molar-refractivity contribution in [3.05, 3.63) is 41.1 Å². The quantitative estimate of drug-likeness (QED) is 0.704. The van der Waals surface area contributed by atoms with Crippen molar-refractivity contribution in [3.8, 4) is 5.75 Å². The summed E-state index contributed by atoms with van der Waals surface area (Å²) in [5.74, 6) is 0.895. The summed E-state index contributed by atoms with van der Waals surface area (Å²) < 4.78 is 10.5. The first-order chi connectivity index (χ1) is 7.77. The van der Waals surface area contributed by atoms with Crippen LogP contribution >= 0.6 is 11.6 Å². The lowest BCUT2D eigenvalue weighted by Crippen LogP contribution is -1.98. The van der Waals surface area contributed by atoms with E-state index in [4.69, 9.17) is 21.1 Å². The summed E-state index contributed by atoms with van der Waals surface area (Å²) in [5, 5.41) is 0.727. The van der Waals surface area contributed by atoms with Crippen molar-refractivity contribution >= 4 is 11.6 Å². The first-order valence-electron chi connectivity index (χ1n) is 5.37. The minimum absolute atomic E-state index is 0.725. The van der Waals surface area contributed by atoms with Crippen molar-refractivity contribution in [2.45, 2.75) is 19.8 Å². The van der Waals surface area contributed by atoms with Crippen molar-refractivity contribution in [1.29, 1.82) is 0 Å². The van der Waals surface area contributed by atoms with Crippen LogP contribution in [0, 0.1) is 0 Å². The summed E-state index contributed by atoms with van der Waals surface area (Å²) in [6.45, 7) is 2.81. The lowest BCUT2D eigenvalue weighted by molar-refractivity contribution is 0.314. The summed E-state index contributed by atoms with van der Waals surface area (Å²) in [6, 6.07) is 5.68. The third-order valence-corrected chi connectivity index (χ3v) is 2.29. The molecule has 0 aliphatic rings. The number of hydrogen-bond acceptors (Lipinski definition) is 2. The Morgan fingerprint density at radius 3 is 2.88 bits per heavy atom. The van der Waals surface area contributed by atoms with E-state index in [0.29, 0.717) is 0 Å². The summed E-state index contributed by atoms with van der Waals surface area (Å²) in [5.41, 5.74) is 1.08. The standard InChI is InChI=1S/C13H17ClO2/c1-3-8-16-13-7-6-12(14)10-11(13)5-4-9-15-2/h4,6-7,9-10H,3,5,8H2,1-2H3/b9-4+. The molecule has 1 rings (SSSR count). The van der Waals surface area contributed by atoms with Crippen LogP contribution < -0.4 is 4.74 Å². The van der Waals surface area contributed by atoms with Gasteiger partial charge in [0.05, 0.1) is 20.0 Å². The molecule has 88 valence electrons. The van der Waals surface area contributed by atoms with Crippen molar-refractivity contribution in [1.82, 2.24) is 0 Å². The Morgan fingerprint density at radius 2 is 2.19 bits per heavy atom. The van der Waals surface area contributed by atoms with Crippen molar-refractivity contribution in [2.75, 3.05) is 13.7 Å². The van der Waals surface area contributed by atoms with E-state index < -0.39 is 0 Å². The van der Waals surface area contributed by atoms with Gasteiger partial charge in [0.1, 0.15) is 5.75 Å². The maximum absolute atomic E-state index is 5.95. The Morgan fingerprint density at radius 1 is 1.38 bits per heavy atom. The van der Waals surface area contributed by atoms with Gasteiger partial charge in [-0.1, -0.05) is 18.5 Å². The first kappa shape index (κ1) is 12.9. The smallest absolute Gasteiger partial charge is 0.122 e. The van der Waals surface area contributed by atoms with Crippen LogP contribution in [-0.2, 0) is 11.2 Å². The molecule has 0 unspecified atom stereocenters. The second-order valence-corrected chi connectivity index (χ2v) is 3.85. The molecule has 2 nitrogen and oxygen atoms in total. The predicted octanol–water partition coefficient (Wildman–Crippen LogP) is 3.83. The summed E-state index contributed by atoms with van der Waals surface area (Å²) in [7, 11) is 1.63. The Bertz CT molecular complexity index is 348. The van der Waals surface area contributed by atoms with Crippen LogP contribution in [0.25, 0.3) is 0 Å². The first-order valence-corrected chi connectivity index (χ1v) is 5.74. The lowest BCUT2D eigenvalue weighted by Gasteiger charge is -2.09. The molecule has 0 heterocycles. The second kappa shape index (κ2) is 7.18. The van der Waals surface area contributed by atoms with Gasteiger partial charge in [-0.2, -0.15) is 0 Å². The average Bonchev–Trinajstić information content (AvgIpc) is 2.28. The van der Waals surface area contributed by atoms with Gasteiger partial charge in [-0.15, -0.1) is 0 Å². The molecule has 0 radical (unpaired) electrons. The molecule has 0 atom stereocenters. The highest BCUT2D eigenvalue weighted by atomic mass is 35.5. The van der Waals surface area contributed by atoms with E-state index >= 15 is 0 Å². The van der Waals surface area contributed by atoms with Gasteiger partial charge < -0.3 is 9.47 Å². The van der Waals surface area contributed by atoms with Crippen LogP contribution in [0.1, 0.15) is 18.9 Å². The Labute approximate surface area is 102 Å². The average molecular weight is 241 g/mol. The molecule has 0 saturated carbocycles. The Hall–Kier alpha value is -1.15. The zero-order chi connectivity index (χ0) is 11.8. The molecule has 1 aromatic carbocycles. The van der Waals surface area contributed by atoms with Crippen LogP contribution in [0.4, 0.5) is 0 Å². The molecule has 0 N–H and O–H groups in total. The fourth-order valence-electron chi connectivity index (χ4n) is 1.33. The highest BCUT2D eigenvalue weighted by Crippen LogP contribution is 2.23. The zero-order valence-corrected chi connectivity index (χ0v) is 10.5. The number of allylic oxidation sites excluding steroid dienone is 1. The van der Waals surface area contributed by atoms with E-state index in [2.05, 4.69) is 6.92 Å². The number of benzene rings is 1. The second-order valence-electron chi connectivity index (χ2n) is 3.41. The number of methoxy groups -OCH3 is 1. The SMILES string of the molecule is CCCOc1ccc(Cl)cc1C/C=C/OC. The maximum Gasteiger partial charge on any atom is 0.122 e. The summed E-state index contributed by atoms with van der Waals surface area (Å²) >= 11 is 5.95. The van der Waals surface area contributed by atoms with Crippen molar-refractivity contribution in [2.24, 2.45) is 0 Å². The molecule has 0 bridgehead atoms. The van der Waals surface area contributed by atoms with E-state index in [0.717, 1.165) is 35.8 Å². The molecule has 16 heavy (non-hydrogen) atoms. The molecule has 0 spiro atoms. The van der Waals surface area contributed by atoms with Gasteiger partial charge in [0.15, 0.2) is 0 Å². The minimum Gasteiger partial charge on any atom is -0.505 e. The summed E-state index contributed by atoms with van der Waals surface area (Å²) in [4.78, 5) is 0. The van der Waals surface area contributed by atoms with Gasteiger partial charge in [-0.3, -0.25) is 0 Å². The number of ether oxygens (including phenoxy) is 2. The summed E-state index contributed by atoms with van der Waals surface area (Å²) in [6.07, 6.45) is 5.35. The van der Waals surface area contributed by atoms with Gasteiger partial charge in [0.2, 0.25) is 0 Å². The highest BCUT2D eigenvalue weighted by molar-refractivity contribution is 6.30. The molecule has 3 heteroatoms. The van der Waals surface area contributed by atoms with Crippen LogP contribution in [0.3, 0.4) is 0 Å². The van der Waals surface area contributed by atoms with Gasteiger partial charge >= 0.3 is 0 Å². The van der Waals surface area contributed by atoms with Gasteiger partial charge in [-0.05, 0) is 42.7 Å². The molecular weight excluding hydrogens is 224 g/mol. The van der Waals surface area contributed by atoms with Gasteiger partial charge in [0, 0.05) is 5.02 Å². The number of halogens is 1. The lowest BCUT2D eigenvalue weighted by atomic mass is 10.1. The van der Waals surface area contributed by atoms with Crippen LogP contribution in [0.2, 0.25) is 5.02 Å². The van der Waals surface area contributed by atoms with Gasteiger partial charge in [0.25, 0.3) is 0 Å². The highest BCUT2D eigenvalue weighted by Gasteiger charge is 2.03. The van der Waals surface area contributed by atoms with Crippen molar-refractivity contribution < 1.29 is 9.47 Å². The minimum atomic E-state index is 0.725. The molecule has 0 saturated heterocycles. The molecule has 0 aliphatic carbocycles. The fraction of sp³-hybridized carbons (Fsp3) is 0.385.